The third kappa shape index (κ3) is 13.1. The zero-order valence-electron chi connectivity index (χ0n) is 41.5. The first-order chi connectivity index (χ1) is 31.9. The van der Waals surface area contributed by atoms with Crippen LogP contribution in [0.2, 0.25) is 0 Å². The molecule has 0 radical (unpaired) electrons. The second-order valence-corrected chi connectivity index (χ2v) is 25.7. The van der Waals surface area contributed by atoms with Gasteiger partial charge in [-0.2, -0.15) is 0 Å². The Kier molecular flexibility index (Phi) is 19.4. The number of rotatable bonds is 14. The average Bonchev–Trinajstić information content (AvgIpc) is 3.30. The Labute approximate surface area is 405 Å². The van der Waals surface area contributed by atoms with Crippen LogP contribution >= 0.6 is 7.26 Å². The molecule has 5 rings (SSSR count). The summed E-state index contributed by atoms with van der Waals surface area (Å²) < 4.78 is 53.6. The van der Waals surface area contributed by atoms with Gasteiger partial charge in [0.1, 0.15) is 6.10 Å². The molecule has 380 valence electrons. The van der Waals surface area contributed by atoms with E-state index < -0.39 is 83.1 Å². The maximum absolute atomic E-state index is 14.5. The zero-order chi connectivity index (χ0) is 50.2. The van der Waals surface area contributed by atoms with Crippen LogP contribution in [0.3, 0.4) is 0 Å². The number of carbonyl (C=O) groups excluding carboxylic acids is 2. The first kappa shape index (κ1) is 55.6. The van der Waals surface area contributed by atoms with E-state index in [0.29, 0.717) is 38.3 Å². The van der Waals surface area contributed by atoms with Crippen LogP contribution in [0.25, 0.3) is 0 Å². The Hall–Kier alpha value is -3.34. The minimum atomic E-state index is -4.48. The summed E-state index contributed by atoms with van der Waals surface area (Å²) in [7, 11) is -3.64. The van der Waals surface area contributed by atoms with E-state index in [2.05, 4.69) is 24.3 Å². The Balaban J connectivity index is 1.41. The number of aliphatic hydroxyl groups excluding tert-OH is 2. The van der Waals surface area contributed by atoms with Gasteiger partial charge in [-0.1, -0.05) is 20.8 Å². The van der Waals surface area contributed by atoms with Crippen LogP contribution in [0.4, 0.5) is 0 Å². The molecule has 5 N–H and O–H groups in total. The molecule has 2 aliphatic rings. The van der Waals surface area contributed by atoms with Crippen molar-refractivity contribution in [3.63, 3.8) is 0 Å². The summed E-state index contributed by atoms with van der Waals surface area (Å²) in [4.78, 5) is 31.5. The van der Waals surface area contributed by atoms with Crippen molar-refractivity contribution in [2.45, 2.75) is 171 Å². The van der Waals surface area contributed by atoms with E-state index >= 15 is 0 Å². The summed E-state index contributed by atoms with van der Waals surface area (Å²) >= 11 is 0. The van der Waals surface area contributed by atoms with E-state index in [-0.39, 0.29) is 55.2 Å². The topological polar surface area (TPSA) is 204 Å². The van der Waals surface area contributed by atoms with Crippen molar-refractivity contribution in [1.82, 2.24) is 9.80 Å². The number of nitrogens with zero attached hydrogens (tertiary/aromatic N) is 2. The molecule has 16 heteroatoms. The molecule has 2 saturated heterocycles. The Morgan fingerprint density at radius 1 is 0.882 bits per heavy atom. The van der Waals surface area contributed by atoms with Crippen molar-refractivity contribution in [1.29, 1.82) is 0 Å². The van der Waals surface area contributed by atoms with Crippen LogP contribution in [0.15, 0.2) is 89.8 Å². The van der Waals surface area contributed by atoms with Gasteiger partial charge in [0.05, 0.1) is 12.0 Å². The molecule has 2 heterocycles. The molecule has 0 aliphatic carbocycles. The third-order valence-electron chi connectivity index (χ3n) is 14.6. The van der Waals surface area contributed by atoms with E-state index in [0.717, 1.165) is 15.9 Å². The summed E-state index contributed by atoms with van der Waals surface area (Å²) in [5, 5.41) is 50.6. The van der Waals surface area contributed by atoms with Gasteiger partial charge < -0.3 is 19.5 Å². The van der Waals surface area contributed by atoms with Crippen molar-refractivity contribution < 1.29 is 57.2 Å². The summed E-state index contributed by atoms with van der Waals surface area (Å²) in [5.74, 6) is -1.97. The molecular weight excluding hydrogens is 908 g/mol. The predicted molar refractivity (Wildman–Crippen MR) is 268 cm³/mol. The standard InChI is InChI=1S/C52H79N2O12PS/c1-10-44-52(7,60)47(57)38(5)54(30-21-29-51(6,59)48(35(2)32-36(3)49(58)65-44)66-50-46(56)43(53(8)9)33-37(4)64-50)45(55)28-18-13-19-31-67(39-22-14-11-15-23-39,40-24-16-12-17-25-40)41-26-20-27-42(34-41)68(61,62)63/h11-12,14-17,20,22-27,34-38,43-44,46-48,50,56-57,59-60,67H,10,13,18-19,21,28-33H2,1-9H3,(H,61,62,63)/t35-,36+,37+,38+,43-,44+,46+,47+,48+,50-,51+,52+/m0/s1. The average molecular weight is 987 g/mol. The van der Waals surface area contributed by atoms with Crippen LogP contribution in [0.1, 0.15) is 106 Å². The molecule has 14 nitrogen and oxygen atoms in total. The number of carbonyl (C=O) groups is 2. The number of esters is 1. The van der Waals surface area contributed by atoms with E-state index in [1.807, 2.05) is 75.3 Å². The van der Waals surface area contributed by atoms with Gasteiger partial charge in [0.2, 0.25) is 0 Å². The van der Waals surface area contributed by atoms with Crippen LogP contribution in [0.5, 0.6) is 0 Å². The molecular formula is C52H79N2O12PS. The van der Waals surface area contributed by atoms with Crippen LogP contribution < -0.4 is 15.9 Å². The Morgan fingerprint density at radius 2 is 1.49 bits per heavy atom. The van der Waals surface area contributed by atoms with E-state index in [9.17, 15) is 43.0 Å². The molecule has 2 aliphatic heterocycles. The van der Waals surface area contributed by atoms with E-state index in [4.69, 9.17) is 14.2 Å². The fourth-order valence-corrected chi connectivity index (χ4v) is 16.4. The monoisotopic (exact) mass is 987 g/mol. The fraction of sp³-hybridized carbons (Fsp3) is 0.615. The number of cyclic esters (lactones) is 1. The van der Waals surface area contributed by atoms with Gasteiger partial charge in [0, 0.05) is 6.04 Å². The Morgan fingerprint density at radius 3 is 2.06 bits per heavy atom. The molecule has 0 aromatic heterocycles. The maximum atomic E-state index is 14.5. The molecule has 1 amide bonds. The summed E-state index contributed by atoms with van der Waals surface area (Å²) in [6, 6.07) is 25.4. The second kappa shape index (κ2) is 23.7. The van der Waals surface area contributed by atoms with Gasteiger partial charge >= 0.3 is 292 Å². The number of hydrogen-bond acceptors (Lipinski definition) is 12. The Bertz CT molecular complexity index is 2160. The van der Waals surface area contributed by atoms with Crippen LogP contribution in [-0.4, -0.2) is 142 Å². The van der Waals surface area contributed by atoms with Gasteiger partial charge in [-0.15, -0.1) is 0 Å². The van der Waals surface area contributed by atoms with Crippen molar-refractivity contribution in [3.05, 3.63) is 84.9 Å². The number of amides is 1. The van der Waals surface area contributed by atoms with E-state index in [1.165, 1.54) is 13.0 Å². The number of ether oxygens (including phenoxy) is 3. The van der Waals surface area contributed by atoms with Gasteiger partial charge in [-0.25, -0.2) is 0 Å². The SMILES string of the molecule is CC[C@H]1OC(=O)[C@H](C)C[C@H](C)[C@@H](O[C@@H]2O[C@H](C)C[C@H](N(C)C)[C@H]2O)[C@](C)(O)CCCN(C(=O)CCCCC[PH](c2ccccc2)(c2ccccc2)c2cccc(S(=O)(=O)O)c2)[C@H](C)[C@@H](O)[C@]1(C)O. The van der Waals surface area contributed by atoms with Gasteiger partial charge in [-0.05, 0) is 39.8 Å². The van der Waals surface area contributed by atoms with Crippen molar-refractivity contribution in [2.75, 3.05) is 26.8 Å². The molecule has 3 aromatic carbocycles. The first-order valence-electron chi connectivity index (χ1n) is 24.4. The molecule has 0 saturated carbocycles. The van der Waals surface area contributed by atoms with Crippen molar-refractivity contribution in [3.8, 4) is 0 Å². The van der Waals surface area contributed by atoms with Gasteiger partial charge in [0.25, 0.3) is 0 Å². The quantitative estimate of drug-likeness (QED) is 0.0612. The zero-order valence-corrected chi connectivity index (χ0v) is 43.3. The second-order valence-electron chi connectivity index (χ2n) is 20.2. The number of hydrogen-bond donors (Lipinski definition) is 5. The summed E-state index contributed by atoms with van der Waals surface area (Å²) in [5.41, 5.74) is -3.46. The molecule has 2 fully saturated rings. The minimum absolute atomic E-state index is 0.119. The summed E-state index contributed by atoms with van der Waals surface area (Å²) in [6.45, 7) is 12.1. The number of aliphatic hydroxyl groups is 4. The molecule has 3 aromatic rings. The summed E-state index contributed by atoms with van der Waals surface area (Å²) in [6.07, 6.45) is -1.76. The van der Waals surface area contributed by atoms with Crippen molar-refractivity contribution >= 4 is 45.2 Å². The number of benzene rings is 3. The first-order valence-corrected chi connectivity index (χ1v) is 28.1. The van der Waals surface area contributed by atoms with E-state index in [1.54, 1.807) is 44.7 Å². The predicted octanol–water partition coefficient (Wildman–Crippen LogP) is 5.19. The molecule has 68 heavy (non-hydrogen) atoms. The molecule has 0 bridgehead atoms. The third-order valence-corrected chi connectivity index (χ3v) is 20.5. The normalized spacial score (nSPS) is 31.9. The molecule has 0 spiro atoms. The molecule has 12 atom stereocenters. The number of likely N-dealkylation sites (N-methyl/N-ethyl adjacent to an activating group) is 1. The van der Waals surface area contributed by atoms with Gasteiger partial charge in [-0.3, -0.25) is 4.79 Å². The fourth-order valence-electron chi connectivity index (χ4n) is 10.8. The number of unbranched alkanes of at least 4 members (excludes halogenated alkanes) is 2. The van der Waals surface area contributed by atoms with Crippen LogP contribution in [-0.2, 0) is 33.9 Å². The van der Waals surface area contributed by atoms with Crippen molar-refractivity contribution in [2.24, 2.45) is 11.8 Å². The van der Waals surface area contributed by atoms with Crippen LogP contribution in [0, 0.1) is 11.8 Å². The molecule has 0 unspecified atom stereocenters. The van der Waals surface area contributed by atoms with Gasteiger partial charge in [0.15, 0.2) is 6.29 Å².